The molecule has 0 aliphatic carbocycles. The van der Waals surface area contributed by atoms with Gasteiger partial charge in [-0.3, -0.25) is 4.79 Å². The van der Waals surface area contributed by atoms with Crippen molar-refractivity contribution in [3.63, 3.8) is 0 Å². The van der Waals surface area contributed by atoms with Gasteiger partial charge in [-0.05, 0) is 25.5 Å². The van der Waals surface area contributed by atoms with E-state index in [1.807, 2.05) is 6.92 Å². The van der Waals surface area contributed by atoms with Crippen LogP contribution in [0.4, 0.5) is 5.82 Å². The number of methoxy groups -OCH3 is 1. The number of aromatic nitrogens is 1. The molecule has 7 nitrogen and oxygen atoms in total. The molecule has 0 saturated heterocycles. The predicted molar refractivity (Wildman–Crippen MR) is 80.6 cm³/mol. The molecule has 1 rings (SSSR count). The molecule has 120 valence electrons. The van der Waals surface area contributed by atoms with Crippen molar-refractivity contribution in [2.45, 2.75) is 32.8 Å². The number of carboxylic acid groups (broad SMARTS) is 1. The van der Waals surface area contributed by atoms with Crippen molar-refractivity contribution in [1.29, 1.82) is 0 Å². The lowest BCUT2D eigenvalue weighted by atomic mass is 10.2. The van der Waals surface area contributed by atoms with E-state index >= 15 is 0 Å². The van der Waals surface area contributed by atoms with Crippen LogP contribution in [0.25, 0.3) is 0 Å². The number of anilines is 1. The number of rotatable bonds is 8. The van der Waals surface area contributed by atoms with Gasteiger partial charge in [-0.1, -0.05) is 6.92 Å². The minimum atomic E-state index is -1.07. The lowest BCUT2D eigenvalue weighted by Gasteiger charge is -2.11. The van der Waals surface area contributed by atoms with Crippen molar-refractivity contribution >= 4 is 17.8 Å². The molecule has 0 aliphatic rings. The van der Waals surface area contributed by atoms with Crippen molar-refractivity contribution in [3.8, 4) is 5.75 Å². The van der Waals surface area contributed by atoms with Gasteiger partial charge < -0.3 is 19.9 Å². The van der Waals surface area contributed by atoms with Crippen molar-refractivity contribution < 1.29 is 24.2 Å². The van der Waals surface area contributed by atoms with Crippen LogP contribution in [0.15, 0.2) is 30.1 Å². The Kier molecular flexibility index (Phi) is 6.88. The van der Waals surface area contributed by atoms with Crippen LogP contribution in [-0.2, 0) is 14.3 Å². The van der Waals surface area contributed by atoms with E-state index < -0.39 is 11.9 Å². The number of esters is 1. The van der Waals surface area contributed by atoms with Gasteiger partial charge in [0.1, 0.15) is 11.6 Å². The van der Waals surface area contributed by atoms with E-state index in [0.717, 1.165) is 6.08 Å². The highest BCUT2D eigenvalue weighted by molar-refractivity contribution is 5.85. The van der Waals surface area contributed by atoms with Crippen molar-refractivity contribution in [2.24, 2.45) is 0 Å². The molecule has 1 atom stereocenters. The fraction of sp³-hybridized carbons (Fsp3) is 0.400. The Morgan fingerprint density at radius 2 is 2.18 bits per heavy atom. The summed E-state index contributed by atoms with van der Waals surface area (Å²) in [6, 6.07) is 3.29. The molecule has 0 bridgehead atoms. The van der Waals surface area contributed by atoms with Gasteiger partial charge >= 0.3 is 11.9 Å². The van der Waals surface area contributed by atoms with Crippen LogP contribution < -0.4 is 10.1 Å². The number of pyridine rings is 1. The van der Waals surface area contributed by atoms with Gasteiger partial charge in [-0.2, -0.15) is 0 Å². The van der Waals surface area contributed by atoms with Crippen LogP contribution >= 0.6 is 0 Å². The second-order valence-electron chi connectivity index (χ2n) is 4.60. The Morgan fingerprint density at radius 3 is 2.68 bits per heavy atom. The summed E-state index contributed by atoms with van der Waals surface area (Å²) in [6.45, 7) is 3.65. The van der Waals surface area contributed by atoms with Crippen LogP contribution in [0.5, 0.6) is 5.75 Å². The summed E-state index contributed by atoms with van der Waals surface area (Å²) in [7, 11) is 1.52. The zero-order chi connectivity index (χ0) is 16.5. The smallest absolute Gasteiger partial charge is 0.332 e. The Labute approximate surface area is 129 Å². The number of hydrogen-bond donors (Lipinski definition) is 2. The number of hydrogen-bond acceptors (Lipinski definition) is 6. The number of carboxylic acids is 1. The molecule has 7 heteroatoms. The maximum Gasteiger partial charge on any atom is 0.332 e. The van der Waals surface area contributed by atoms with E-state index in [1.165, 1.54) is 13.3 Å². The summed E-state index contributed by atoms with van der Waals surface area (Å²) in [5, 5.41) is 11.7. The van der Waals surface area contributed by atoms with E-state index in [2.05, 4.69) is 10.3 Å². The Balaban J connectivity index is 2.82. The molecule has 1 heterocycles. The maximum absolute atomic E-state index is 11.7. The lowest BCUT2D eigenvalue weighted by Crippen LogP contribution is -2.15. The van der Waals surface area contributed by atoms with Crippen LogP contribution in [0, 0.1) is 0 Å². The molecule has 0 fully saturated rings. The van der Waals surface area contributed by atoms with E-state index in [1.54, 1.807) is 19.1 Å². The first-order chi connectivity index (χ1) is 10.4. The molecule has 0 amide bonds. The normalized spacial score (nSPS) is 12.4. The average molecular weight is 308 g/mol. The number of nitrogens with one attached hydrogen (secondary N) is 1. The van der Waals surface area contributed by atoms with Crippen LogP contribution in [0.1, 0.15) is 26.7 Å². The van der Waals surface area contributed by atoms with Gasteiger partial charge in [0.25, 0.3) is 0 Å². The summed E-state index contributed by atoms with van der Waals surface area (Å²) in [5.74, 6) is -0.676. The topological polar surface area (TPSA) is 97.8 Å². The summed E-state index contributed by atoms with van der Waals surface area (Å²) in [5.41, 5.74) is 0.193. The van der Waals surface area contributed by atoms with Gasteiger partial charge in [0.15, 0.2) is 0 Å². The number of aliphatic carboxylic acids is 1. The Bertz CT molecular complexity index is 539. The summed E-state index contributed by atoms with van der Waals surface area (Å²) in [4.78, 5) is 26.7. The zero-order valence-electron chi connectivity index (χ0n) is 12.8. The molecule has 0 spiro atoms. The molecule has 1 unspecified atom stereocenters. The van der Waals surface area contributed by atoms with Crippen LogP contribution in [0.3, 0.4) is 0 Å². The van der Waals surface area contributed by atoms with Crippen molar-refractivity contribution in [1.82, 2.24) is 4.98 Å². The molecule has 22 heavy (non-hydrogen) atoms. The third kappa shape index (κ3) is 6.25. The molecule has 0 radical (unpaired) electrons. The first-order valence-corrected chi connectivity index (χ1v) is 6.84. The monoisotopic (exact) mass is 308 g/mol. The third-order valence-electron chi connectivity index (χ3n) is 2.79. The summed E-state index contributed by atoms with van der Waals surface area (Å²) in [6.07, 6.45) is 2.73. The maximum atomic E-state index is 11.7. The summed E-state index contributed by atoms with van der Waals surface area (Å²) < 4.78 is 10.1. The highest BCUT2D eigenvalue weighted by Gasteiger charge is 2.11. The van der Waals surface area contributed by atoms with E-state index in [9.17, 15) is 9.59 Å². The second-order valence-corrected chi connectivity index (χ2v) is 4.60. The number of carbonyl (C=O) groups excluding carboxylic acids is 1. The first-order valence-electron chi connectivity index (χ1n) is 6.84. The second kappa shape index (κ2) is 8.66. The molecule has 2 N–H and O–H groups in total. The molecular weight excluding hydrogens is 288 g/mol. The van der Waals surface area contributed by atoms with Crippen LogP contribution in [-0.4, -0.2) is 35.2 Å². The molecule has 0 aromatic carbocycles. The lowest BCUT2D eigenvalue weighted by molar-refractivity contribution is -0.142. The molecule has 1 aromatic rings. The van der Waals surface area contributed by atoms with Crippen molar-refractivity contribution in [3.05, 3.63) is 30.1 Å². The van der Waals surface area contributed by atoms with Crippen LogP contribution in [0.2, 0.25) is 0 Å². The number of carbonyl (C=O) groups is 2. The van der Waals surface area contributed by atoms with Gasteiger partial charge in [-0.25, -0.2) is 9.78 Å². The molecular formula is C15H20N2O5. The fourth-order valence-corrected chi connectivity index (χ4v) is 1.49. The number of nitrogens with zero attached hydrogens (tertiary/aromatic N) is 1. The quantitative estimate of drug-likeness (QED) is 0.561. The van der Waals surface area contributed by atoms with Crippen molar-refractivity contribution in [2.75, 3.05) is 12.4 Å². The zero-order valence-corrected chi connectivity index (χ0v) is 12.8. The minimum absolute atomic E-state index is 0.193. The highest BCUT2D eigenvalue weighted by atomic mass is 16.5. The van der Waals surface area contributed by atoms with E-state index in [0.29, 0.717) is 18.0 Å². The van der Waals surface area contributed by atoms with Gasteiger partial charge in [0.2, 0.25) is 0 Å². The minimum Gasteiger partial charge on any atom is -0.495 e. The molecule has 0 aliphatic heterocycles. The first kappa shape index (κ1) is 17.5. The summed E-state index contributed by atoms with van der Waals surface area (Å²) >= 11 is 0. The average Bonchev–Trinajstić information content (AvgIpc) is 2.47. The van der Waals surface area contributed by atoms with Gasteiger partial charge in [0.05, 0.1) is 25.8 Å². The predicted octanol–water partition coefficient (Wildman–Crippen LogP) is 2.20. The standard InChI is InChI=1S/C15H20N2O5/c1-4-10(2)22-15(20)8-11(7-14(18)19)17-13-6-5-12(21-3)9-16-13/h5-6,8-10H,4,7H2,1-3H3,(H,16,17)(H,18,19). The Morgan fingerprint density at radius 1 is 1.45 bits per heavy atom. The Hall–Kier alpha value is -2.57. The van der Waals surface area contributed by atoms with E-state index in [4.69, 9.17) is 14.6 Å². The SMILES string of the molecule is CCC(C)OC(=O)C=C(CC(=O)O)Nc1ccc(OC)cn1. The highest BCUT2D eigenvalue weighted by Crippen LogP contribution is 2.14. The largest absolute Gasteiger partial charge is 0.495 e. The van der Waals surface area contributed by atoms with E-state index in [-0.39, 0.29) is 18.2 Å². The number of ether oxygens (including phenoxy) is 2. The van der Waals surface area contributed by atoms with Gasteiger partial charge in [0, 0.05) is 11.8 Å². The molecule has 1 aromatic heterocycles. The van der Waals surface area contributed by atoms with Gasteiger partial charge in [-0.15, -0.1) is 0 Å². The fourth-order valence-electron chi connectivity index (χ4n) is 1.49. The molecule has 0 saturated carbocycles. The third-order valence-corrected chi connectivity index (χ3v) is 2.79.